The topological polar surface area (TPSA) is 69.6 Å². The van der Waals surface area contributed by atoms with Crippen LogP contribution in [-0.2, 0) is 10.0 Å². The largest absolute Gasteiger partial charge is 0.390 e. The second-order valence-corrected chi connectivity index (χ2v) is 7.21. The van der Waals surface area contributed by atoms with Crippen molar-refractivity contribution >= 4 is 10.0 Å². The minimum atomic E-state index is -3.97. The van der Waals surface area contributed by atoms with Gasteiger partial charge in [-0.05, 0) is 44.1 Å². The fourth-order valence-corrected chi connectivity index (χ4v) is 3.52. The first-order valence-corrected chi connectivity index (χ1v) is 8.72. The minimum absolute atomic E-state index is 0.169. The van der Waals surface area contributed by atoms with Crippen molar-refractivity contribution < 1.29 is 22.3 Å². The van der Waals surface area contributed by atoms with Crippen LogP contribution in [0.4, 0.5) is 8.78 Å². The number of β-amino-alcohol motifs (C(OH)–C–C–N with tert-alkyl or cyclic N) is 1. The number of sulfonamides is 1. The standard InChI is InChI=1S/C14H20F2N2O3S/c15-13-5-4-12(8-14(13)16)22(20,21)17-9-11(19)10-18-6-2-1-3-7-18/h4-5,8,11,17,19H,1-3,6-7,9-10H2. The Morgan fingerprint density at radius 3 is 2.50 bits per heavy atom. The molecule has 2 N–H and O–H groups in total. The van der Waals surface area contributed by atoms with E-state index in [1.54, 1.807) is 0 Å². The highest BCUT2D eigenvalue weighted by Crippen LogP contribution is 2.14. The fourth-order valence-electron chi connectivity index (χ4n) is 2.44. The normalized spacial score (nSPS) is 18.3. The first kappa shape index (κ1) is 17.3. The molecule has 0 saturated carbocycles. The lowest BCUT2D eigenvalue weighted by Crippen LogP contribution is -2.42. The van der Waals surface area contributed by atoms with Gasteiger partial charge in [-0.25, -0.2) is 21.9 Å². The molecule has 0 bridgehead atoms. The van der Waals surface area contributed by atoms with Crippen LogP contribution >= 0.6 is 0 Å². The zero-order valence-electron chi connectivity index (χ0n) is 12.1. The molecule has 2 rings (SSSR count). The molecule has 0 radical (unpaired) electrons. The van der Waals surface area contributed by atoms with E-state index in [9.17, 15) is 22.3 Å². The van der Waals surface area contributed by atoms with Gasteiger partial charge < -0.3 is 10.0 Å². The maximum atomic E-state index is 13.1. The number of hydrogen-bond acceptors (Lipinski definition) is 4. The van der Waals surface area contributed by atoms with Gasteiger partial charge in [0.2, 0.25) is 10.0 Å². The molecule has 1 atom stereocenters. The molecule has 0 aromatic heterocycles. The molecule has 1 aromatic rings. The zero-order valence-corrected chi connectivity index (χ0v) is 13.0. The van der Waals surface area contributed by atoms with E-state index in [0.717, 1.165) is 38.1 Å². The Morgan fingerprint density at radius 1 is 1.18 bits per heavy atom. The van der Waals surface area contributed by atoms with Crippen molar-refractivity contribution in [3.05, 3.63) is 29.8 Å². The molecule has 1 unspecified atom stereocenters. The highest BCUT2D eigenvalue weighted by Gasteiger charge is 2.19. The second-order valence-electron chi connectivity index (χ2n) is 5.44. The van der Waals surface area contributed by atoms with Crippen molar-refractivity contribution in [1.82, 2.24) is 9.62 Å². The van der Waals surface area contributed by atoms with Crippen molar-refractivity contribution in [3.8, 4) is 0 Å². The van der Waals surface area contributed by atoms with Gasteiger partial charge in [0, 0.05) is 13.1 Å². The number of rotatable bonds is 6. The van der Waals surface area contributed by atoms with Crippen molar-refractivity contribution in [1.29, 1.82) is 0 Å². The summed E-state index contributed by atoms with van der Waals surface area (Å²) < 4.78 is 52.1. The quantitative estimate of drug-likeness (QED) is 0.817. The Hall–Kier alpha value is -1.09. The average molecular weight is 334 g/mol. The number of halogens is 2. The maximum Gasteiger partial charge on any atom is 0.240 e. The number of nitrogens with zero attached hydrogens (tertiary/aromatic N) is 1. The van der Waals surface area contributed by atoms with E-state index in [2.05, 4.69) is 9.62 Å². The molecule has 1 heterocycles. The first-order valence-electron chi connectivity index (χ1n) is 7.23. The SMILES string of the molecule is O=S(=O)(NCC(O)CN1CCCCC1)c1ccc(F)c(F)c1. The summed E-state index contributed by atoms with van der Waals surface area (Å²) in [5, 5.41) is 9.91. The Labute approximate surface area is 129 Å². The summed E-state index contributed by atoms with van der Waals surface area (Å²) >= 11 is 0. The monoisotopic (exact) mass is 334 g/mol. The second kappa shape index (κ2) is 7.45. The predicted molar refractivity (Wildman–Crippen MR) is 77.8 cm³/mol. The highest BCUT2D eigenvalue weighted by atomic mass is 32.2. The summed E-state index contributed by atoms with van der Waals surface area (Å²) in [6.45, 7) is 2.01. The number of hydrogen-bond donors (Lipinski definition) is 2. The minimum Gasteiger partial charge on any atom is -0.390 e. The van der Waals surface area contributed by atoms with E-state index in [0.29, 0.717) is 12.6 Å². The molecular formula is C14H20F2N2O3S. The number of aliphatic hydroxyl groups excluding tert-OH is 1. The summed E-state index contributed by atoms with van der Waals surface area (Å²) in [7, 11) is -3.97. The lowest BCUT2D eigenvalue weighted by Gasteiger charge is -2.28. The van der Waals surface area contributed by atoms with Gasteiger partial charge in [-0.3, -0.25) is 0 Å². The lowest BCUT2D eigenvalue weighted by atomic mass is 10.1. The van der Waals surface area contributed by atoms with Crippen LogP contribution in [0, 0.1) is 11.6 Å². The molecule has 0 amide bonds. The van der Waals surface area contributed by atoms with Crippen LogP contribution < -0.4 is 4.72 Å². The Kier molecular flexibility index (Phi) is 5.85. The van der Waals surface area contributed by atoms with E-state index in [1.807, 2.05) is 0 Å². The van der Waals surface area contributed by atoms with Crippen LogP contribution in [0.1, 0.15) is 19.3 Å². The number of aliphatic hydroxyl groups is 1. The molecule has 1 fully saturated rings. The summed E-state index contributed by atoms with van der Waals surface area (Å²) in [4.78, 5) is 1.72. The van der Waals surface area contributed by atoms with Gasteiger partial charge in [0.15, 0.2) is 11.6 Å². The van der Waals surface area contributed by atoms with Gasteiger partial charge in [-0.2, -0.15) is 0 Å². The summed E-state index contributed by atoms with van der Waals surface area (Å²) in [5.74, 6) is -2.33. The molecule has 1 aliphatic rings. The third-order valence-corrected chi connectivity index (χ3v) is 5.05. The van der Waals surface area contributed by atoms with Gasteiger partial charge in [0.05, 0.1) is 11.0 Å². The van der Waals surface area contributed by atoms with Crippen molar-refractivity contribution in [3.63, 3.8) is 0 Å². The molecule has 0 aliphatic carbocycles. The van der Waals surface area contributed by atoms with E-state index in [4.69, 9.17) is 0 Å². The predicted octanol–water partition coefficient (Wildman–Crippen LogP) is 1.09. The van der Waals surface area contributed by atoms with Gasteiger partial charge in [0.1, 0.15) is 0 Å². The fraction of sp³-hybridized carbons (Fsp3) is 0.571. The van der Waals surface area contributed by atoms with Crippen LogP contribution in [0.25, 0.3) is 0 Å². The van der Waals surface area contributed by atoms with E-state index in [1.165, 1.54) is 6.42 Å². The molecule has 22 heavy (non-hydrogen) atoms. The molecule has 0 spiro atoms. The third-order valence-electron chi connectivity index (χ3n) is 3.63. The van der Waals surface area contributed by atoms with Crippen LogP contribution in [-0.4, -0.2) is 50.7 Å². The summed E-state index contributed by atoms with van der Waals surface area (Å²) in [5.41, 5.74) is 0. The third kappa shape index (κ3) is 4.70. The molecule has 1 aliphatic heterocycles. The number of piperidine rings is 1. The molecule has 5 nitrogen and oxygen atoms in total. The molecule has 1 aromatic carbocycles. The lowest BCUT2D eigenvalue weighted by molar-refractivity contribution is 0.104. The number of likely N-dealkylation sites (tertiary alicyclic amines) is 1. The van der Waals surface area contributed by atoms with Gasteiger partial charge in [-0.15, -0.1) is 0 Å². The summed E-state index contributed by atoms with van der Waals surface area (Å²) in [6.07, 6.45) is 2.48. The Bertz CT molecular complexity index is 604. The van der Waals surface area contributed by atoms with E-state index < -0.39 is 27.8 Å². The van der Waals surface area contributed by atoms with Crippen LogP contribution in [0.5, 0.6) is 0 Å². The van der Waals surface area contributed by atoms with Crippen LogP contribution in [0.15, 0.2) is 23.1 Å². The molecule has 124 valence electrons. The Balaban J connectivity index is 1.89. The van der Waals surface area contributed by atoms with E-state index in [-0.39, 0.29) is 11.4 Å². The smallest absolute Gasteiger partial charge is 0.240 e. The van der Waals surface area contributed by atoms with Crippen molar-refractivity contribution in [2.45, 2.75) is 30.3 Å². The van der Waals surface area contributed by atoms with Crippen molar-refractivity contribution in [2.24, 2.45) is 0 Å². The highest BCUT2D eigenvalue weighted by molar-refractivity contribution is 7.89. The zero-order chi connectivity index (χ0) is 16.2. The summed E-state index contributed by atoms with van der Waals surface area (Å²) in [6, 6.07) is 2.36. The Morgan fingerprint density at radius 2 is 1.86 bits per heavy atom. The van der Waals surface area contributed by atoms with Gasteiger partial charge in [-0.1, -0.05) is 6.42 Å². The molecule has 8 heteroatoms. The molecule has 1 saturated heterocycles. The van der Waals surface area contributed by atoms with Gasteiger partial charge in [0.25, 0.3) is 0 Å². The maximum absolute atomic E-state index is 13.1. The van der Waals surface area contributed by atoms with Crippen LogP contribution in [0.3, 0.4) is 0 Å². The number of nitrogens with one attached hydrogen (secondary N) is 1. The average Bonchev–Trinajstić information content (AvgIpc) is 2.49. The first-order chi connectivity index (χ1) is 10.4. The number of benzene rings is 1. The van der Waals surface area contributed by atoms with Gasteiger partial charge >= 0.3 is 0 Å². The van der Waals surface area contributed by atoms with E-state index >= 15 is 0 Å². The van der Waals surface area contributed by atoms with Crippen molar-refractivity contribution in [2.75, 3.05) is 26.2 Å². The van der Waals surface area contributed by atoms with Crippen LogP contribution in [0.2, 0.25) is 0 Å². The molecular weight excluding hydrogens is 314 g/mol.